The van der Waals surface area contributed by atoms with Crippen LogP contribution in [0.3, 0.4) is 0 Å². The molecule has 0 atom stereocenters. The summed E-state index contributed by atoms with van der Waals surface area (Å²) in [5, 5.41) is 6.96. The van der Waals surface area contributed by atoms with Gasteiger partial charge in [-0.3, -0.25) is 4.79 Å². The minimum Gasteiger partial charge on any atom is -0.451 e. The van der Waals surface area contributed by atoms with E-state index in [4.69, 9.17) is 4.42 Å². The number of carbonyl (C=O) groups excluding carboxylic acids is 1. The fourth-order valence-corrected chi connectivity index (χ4v) is 2.29. The predicted octanol–water partition coefficient (Wildman–Crippen LogP) is 2.84. The lowest BCUT2D eigenvalue weighted by molar-refractivity contribution is 0.0927. The Labute approximate surface area is 120 Å². The Morgan fingerprint density at radius 1 is 1.37 bits per heavy atom. The van der Waals surface area contributed by atoms with E-state index in [0.717, 1.165) is 34.1 Å². The van der Waals surface area contributed by atoms with Gasteiger partial charge in [0, 0.05) is 28.5 Å². The molecule has 19 heavy (non-hydrogen) atoms. The van der Waals surface area contributed by atoms with Crippen molar-refractivity contribution in [1.29, 1.82) is 0 Å². The second kappa shape index (κ2) is 6.21. The molecule has 1 heterocycles. The first-order chi connectivity index (χ1) is 9.13. The summed E-state index contributed by atoms with van der Waals surface area (Å²) < 4.78 is 6.59. The van der Waals surface area contributed by atoms with Gasteiger partial charge in [0.05, 0.1) is 0 Å². The first kappa shape index (κ1) is 14.1. The normalized spacial score (nSPS) is 10.9. The third kappa shape index (κ3) is 3.16. The second-order valence-electron chi connectivity index (χ2n) is 4.31. The Kier molecular flexibility index (Phi) is 4.61. The molecule has 1 aromatic carbocycles. The quantitative estimate of drug-likeness (QED) is 0.831. The minimum atomic E-state index is -0.164. The molecule has 2 N–H and O–H groups in total. The Hall–Kier alpha value is -1.33. The van der Waals surface area contributed by atoms with Crippen molar-refractivity contribution in [2.45, 2.75) is 13.8 Å². The highest BCUT2D eigenvalue weighted by atomic mass is 79.9. The predicted molar refractivity (Wildman–Crippen MR) is 79.5 cm³/mol. The fourth-order valence-electron chi connectivity index (χ4n) is 1.93. The van der Waals surface area contributed by atoms with Gasteiger partial charge in [0.1, 0.15) is 5.58 Å². The van der Waals surface area contributed by atoms with Crippen molar-refractivity contribution in [3.05, 3.63) is 34.0 Å². The molecule has 4 nitrogen and oxygen atoms in total. The monoisotopic (exact) mass is 324 g/mol. The lowest BCUT2D eigenvalue weighted by Gasteiger charge is -2.03. The maximum atomic E-state index is 12.0. The number of aryl methyl sites for hydroxylation is 1. The number of halogens is 1. The molecule has 1 aromatic heterocycles. The Morgan fingerprint density at radius 2 is 2.16 bits per heavy atom. The van der Waals surface area contributed by atoms with Gasteiger partial charge >= 0.3 is 0 Å². The van der Waals surface area contributed by atoms with Crippen molar-refractivity contribution in [3.8, 4) is 0 Å². The smallest absolute Gasteiger partial charge is 0.287 e. The summed E-state index contributed by atoms with van der Waals surface area (Å²) in [5.74, 6) is 0.229. The number of likely N-dealkylation sites (N-methyl/N-ethyl adjacent to an activating group) is 1. The summed E-state index contributed by atoms with van der Waals surface area (Å²) in [4.78, 5) is 12.0. The van der Waals surface area contributed by atoms with Crippen molar-refractivity contribution >= 4 is 32.8 Å². The molecule has 0 saturated heterocycles. The van der Waals surface area contributed by atoms with Crippen molar-refractivity contribution in [3.63, 3.8) is 0 Å². The summed E-state index contributed by atoms with van der Waals surface area (Å²) in [7, 11) is 0. The SMILES string of the molecule is CCNCCNC(=O)c1oc2ccc(Br)cc2c1C. The third-order valence-electron chi connectivity index (χ3n) is 2.94. The van der Waals surface area contributed by atoms with E-state index in [1.54, 1.807) is 0 Å². The Bertz CT molecular complexity index is 592. The number of carbonyl (C=O) groups is 1. The number of furan rings is 1. The highest BCUT2D eigenvalue weighted by Gasteiger charge is 2.17. The molecule has 0 bridgehead atoms. The summed E-state index contributed by atoms with van der Waals surface area (Å²) >= 11 is 3.42. The number of rotatable bonds is 5. The van der Waals surface area contributed by atoms with Gasteiger partial charge in [-0.25, -0.2) is 0 Å². The highest BCUT2D eigenvalue weighted by molar-refractivity contribution is 9.10. The molecule has 2 rings (SSSR count). The van der Waals surface area contributed by atoms with Crippen LogP contribution in [0.15, 0.2) is 27.1 Å². The number of benzene rings is 1. The maximum Gasteiger partial charge on any atom is 0.287 e. The molecule has 0 radical (unpaired) electrons. The molecule has 0 aliphatic carbocycles. The van der Waals surface area contributed by atoms with Crippen LogP contribution in [0, 0.1) is 6.92 Å². The molecular formula is C14H17BrN2O2. The fraction of sp³-hybridized carbons (Fsp3) is 0.357. The number of hydrogen-bond donors (Lipinski definition) is 2. The van der Waals surface area contributed by atoms with Gasteiger partial charge in [-0.2, -0.15) is 0 Å². The Balaban J connectivity index is 2.16. The molecule has 0 fully saturated rings. The summed E-state index contributed by atoms with van der Waals surface area (Å²) in [6.45, 7) is 6.17. The first-order valence-corrected chi connectivity index (χ1v) is 7.10. The van der Waals surface area contributed by atoms with Gasteiger partial charge in [-0.15, -0.1) is 0 Å². The van der Waals surface area contributed by atoms with Crippen LogP contribution >= 0.6 is 15.9 Å². The van der Waals surface area contributed by atoms with Crippen molar-refractivity contribution in [2.75, 3.05) is 19.6 Å². The van der Waals surface area contributed by atoms with Gasteiger partial charge in [0.15, 0.2) is 5.76 Å². The van der Waals surface area contributed by atoms with Gasteiger partial charge < -0.3 is 15.1 Å². The third-order valence-corrected chi connectivity index (χ3v) is 3.44. The van der Waals surface area contributed by atoms with Gasteiger partial charge in [0.25, 0.3) is 5.91 Å². The van der Waals surface area contributed by atoms with E-state index in [1.807, 2.05) is 32.0 Å². The molecule has 0 aliphatic rings. The minimum absolute atomic E-state index is 0.164. The molecule has 0 spiro atoms. The van der Waals surface area contributed by atoms with Crippen LogP contribution in [0.1, 0.15) is 23.0 Å². The van der Waals surface area contributed by atoms with E-state index in [1.165, 1.54) is 0 Å². The maximum absolute atomic E-state index is 12.0. The van der Waals surface area contributed by atoms with E-state index in [0.29, 0.717) is 12.3 Å². The molecule has 0 unspecified atom stereocenters. The van der Waals surface area contributed by atoms with Crippen LogP contribution in [-0.4, -0.2) is 25.5 Å². The van der Waals surface area contributed by atoms with Crippen LogP contribution in [0.5, 0.6) is 0 Å². The lowest BCUT2D eigenvalue weighted by atomic mass is 10.1. The average Bonchev–Trinajstić information content (AvgIpc) is 2.72. The zero-order valence-electron chi connectivity index (χ0n) is 11.0. The second-order valence-corrected chi connectivity index (χ2v) is 5.22. The molecule has 5 heteroatoms. The number of hydrogen-bond acceptors (Lipinski definition) is 3. The number of fused-ring (bicyclic) bond motifs is 1. The molecule has 102 valence electrons. The van der Waals surface area contributed by atoms with Crippen molar-refractivity contribution in [2.24, 2.45) is 0 Å². The standard InChI is InChI=1S/C14H17BrN2O2/c1-3-16-6-7-17-14(18)13-9(2)11-8-10(15)4-5-12(11)19-13/h4-5,8,16H,3,6-7H2,1-2H3,(H,17,18). The molecule has 2 aromatic rings. The summed E-state index contributed by atoms with van der Waals surface area (Å²) in [6, 6.07) is 5.73. The summed E-state index contributed by atoms with van der Waals surface area (Å²) in [6.07, 6.45) is 0. The van der Waals surface area contributed by atoms with E-state index in [-0.39, 0.29) is 5.91 Å². The van der Waals surface area contributed by atoms with Gasteiger partial charge in [-0.05, 0) is 31.7 Å². The van der Waals surface area contributed by atoms with Crippen LogP contribution in [0.25, 0.3) is 11.0 Å². The molecule has 0 saturated carbocycles. The van der Waals surface area contributed by atoms with E-state index in [2.05, 4.69) is 26.6 Å². The highest BCUT2D eigenvalue weighted by Crippen LogP contribution is 2.27. The van der Waals surface area contributed by atoms with Crippen LogP contribution < -0.4 is 10.6 Å². The summed E-state index contributed by atoms with van der Waals surface area (Å²) in [5.41, 5.74) is 1.61. The van der Waals surface area contributed by atoms with Gasteiger partial charge in [-0.1, -0.05) is 22.9 Å². The molecule has 1 amide bonds. The zero-order valence-corrected chi connectivity index (χ0v) is 12.6. The Morgan fingerprint density at radius 3 is 2.89 bits per heavy atom. The van der Waals surface area contributed by atoms with Crippen molar-refractivity contribution < 1.29 is 9.21 Å². The molecular weight excluding hydrogens is 308 g/mol. The van der Waals surface area contributed by atoms with E-state index < -0.39 is 0 Å². The topological polar surface area (TPSA) is 54.3 Å². The van der Waals surface area contributed by atoms with Crippen LogP contribution in [0.4, 0.5) is 0 Å². The van der Waals surface area contributed by atoms with E-state index >= 15 is 0 Å². The average molecular weight is 325 g/mol. The van der Waals surface area contributed by atoms with Crippen LogP contribution in [-0.2, 0) is 0 Å². The largest absolute Gasteiger partial charge is 0.451 e. The molecule has 0 aliphatic heterocycles. The lowest BCUT2D eigenvalue weighted by Crippen LogP contribution is -2.31. The van der Waals surface area contributed by atoms with Crippen molar-refractivity contribution in [1.82, 2.24) is 10.6 Å². The van der Waals surface area contributed by atoms with Crippen LogP contribution in [0.2, 0.25) is 0 Å². The van der Waals surface area contributed by atoms with Gasteiger partial charge in [0.2, 0.25) is 0 Å². The number of nitrogens with one attached hydrogen (secondary N) is 2. The van der Waals surface area contributed by atoms with E-state index in [9.17, 15) is 4.79 Å². The first-order valence-electron chi connectivity index (χ1n) is 6.31. The number of amides is 1. The zero-order chi connectivity index (χ0) is 13.8.